The van der Waals surface area contributed by atoms with E-state index in [1.54, 1.807) is 6.08 Å². The van der Waals surface area contributed by atoms with Crippen LogP contribution in [0.2, 0.25) is 0 Å². The zero-order valence-corrected chi connectivity index (χ0v) is 15.6. The lowest BCUT2D eigenvalue weighted by atomic mass is 10.0. The average molecular weight is 348 g/mol. The van der Waals surface area contributed by atoms with Crippen molar-refractivity contribution in [2.24, 2.45) is 0 Å². The van der Waals surface area contributed by atoms with Gasteiger partial charge in [-0.2, -0.15) is 0 Å². The first-order chi connectivity index (χ1) is 12.8. The number of benzene rings is 2. The van der Waals surface area contributed by atoms with Gasteiger partial charge in [-0.05, 0) is 50.0 Å². The van der Waals surface area contributed by atoms with Crippen LogP contribution < -0.4 is 4.90 Å². The highest BCUT2D eigenvalue weighted by Gasteiger charge is 2.27. The molecule has 2 aromatic rings. The van der Waals surface area contributed by atoms with Crippen molar-refractivity contribution in [2.45, 2.75) is 32.2 Å². The van der Waals surface area contributed by atoms with Gasteiger partial charge in [0.05, 0.1) is 0 Å². The van der Waals surface area contributed by atoms with E-state index in [4.69, 9.17) is 0 Å². The molecular formula is C23H28N2O. The Morgan fingerprint density at radius 1 is 1.04 bits per heavy atom. The first-order valence-corrected chi connectivity index (χ1v) is 9.55. The lowest BCUT2D eigenvalue weighted by Gasteiger charge is -2.38. The van der Waals surface area contributed by atoms with Crippen molar-refractivity contribution in [2.75, 3.05) is 24.5 Å². The fourth-order valence-corrected chi connectivity index (χ4v) is 3.66. The molecule has 0 bridgehead atoms. The molecule has 3 nitrogen and oxygen atoms in total. The zero-order valence-electron chi connectivity index (χ0n) is 15.6. The summed E-state index contributed by atoms with van der Waals surface area (Å²) < 4.78 is 0. The van der Waals surface area contributed by atoms with E-state index in [1.807, 2.05) is 48.2 Å². The fourth-order valence-electron chi connectivity index (χ4n) is 3.66. The third-order valence-corrected chi connectivity index (χ3v) is 5.06. The van der Waals surface area contributed by atoms with E-state index >= 15 is 0 Å². The van der Waals surface area contributed by atoms with Crippen LogP contribution in [-0.2, 0) is 11.2 Å². The van der Waals surface area contributed by atoms with Crippen molar-refractivity contribution in [1.82, 2.24) is 4.90 Å². The molecule has 0 atom stereocenters. The van der Waals surface area contributed by atoms with Gasteiger partial charge >= 0.3 is 0 Å². The number of nitrogens with zero attached hydrogens (tertiary/aromatic N) is 2. The Morgan fingerprint density at radius 3 is 2.27 bits per heavy atom. The third-order valence-electron chi connectivity index (χ3n) is 5.06. The summed E-state index contributed by atoms with van der Waals surface area (Å²) in [5, 5.41) is 0. The second kappa shape index (κ2) is 9.35. The van der Waals surface area contributed by atoms with E-state index < -0.39 is 0 Å². The maximum Gasteiger partial charge on any atom is 0.250 e. The summed E-state index contributed by atoms with van der Waals surface area (Å²) in [6.07, 6.45) is 6.63. The van der Waals surface area contributed by atoms with Gasteiger partial charge in [0.15, 0.2) is 0 Å². The fraction of sp³-hybridized carbons (Fsp3) is 0.348. The highest BCUT2D eigenvalue weighted by atomic mass is 16.2. The normalized spacial score (nSPS) is 16.0. The summed E-state index contributed by atoms with van der Waals surface area (Å²) >= 11 is 0. The predicted molar refractivity (Wildman–Crippen MR) is 108 cm³/mol. The summed E-state index contributed by atoms with van der Waals surface area (Å²) in [5.74, 6) is 0.0847. The Hall–Kier alpha value is -2.39. The van der Waals surface area contributed by atoms with Crippen LogP contribution in [0.1, 0.15) is 25.3 Å². The van der Waals surface area contributed by atoms with Crippen molar-refractivity contribution in [3.8, 4) is 0 Å². The summed E-state index contributed by atoms with van der Waals surface area (Å²) in [6.45, 7) is 5.08. The number of allylic oxidation sites excluding steroid dienone is 1. The third kappa shape index (κ3) is 4.83. The van der Waals surface area contributed by atoms with Crippen LogP contribution in [-0.4, -0.2) is 36.5 Å². The number of anilines is 1. The molecule has 0 N–H and O–H groups in total. The van der Waals surface area contributed by atoms with Crippen LogP contribution in [0.15, 0.2) is 72.8 Å². The molecule has 0 aromatic heterocycles. The van der Waals surface area contributed by atoms with Crippen LogP contribution in [0.25, 0.3) is 0 Å². The van der Waals surface area contributed by atoms with Crippen molar-refractivity contribution >= 4 is 11.6 Å². The maximum absolute atomic E-state index is 12.7. The molecule has 26 heavy (non-hydrogen) atoms. The van der Waals surface area contributed by atoms with Gasteiger partial charge in [-0.3, -0.25) is 4.79 Å². The first kappa shape index (κ1) is 18.4. The minimum Gasteiger partial charge on any atom is -0.306 e. The van der Waals surface area contributed by atoms with Gasteiger partial charge < -0.3 is 9.80 Å². The predicted octanol–water partition coefficient (Wildman–Crippen LogP) is 4.30. The molecule has 0 spiro atoms. The molecule has 1 aliphatic rings. The quantitative estimate of drug-likeness (QED) is 0.727. The smallest absolute Gasteiger partial charge is 0.250 e. The number of carbonyl (C=O) groups is 1. The number of para-hydroxylation sites is 1. The first-order valence-electron chi connectivity index (χ1n) is 9.55. The molecule has 136 valence electrons. The van der Waals surface area contributed by atoms with Gasteiger partial charge in [0.1, 0.15) is 0 Å². The van der Waals surface area contributed by atoms with Gasteiger partial charge in [-0.1, -0.05) is 54.6 Å². The number of rotatable bonds is 6. The molecular weight excluding hydrogens is 320 g/mol. The average Bonchev–Trinajstić information content (AvgIpc) is 2.69. The molecule has 3 heteroatoms. The molecule has 2 aromatic carbocycles. The SMILES string of the molecule is C/C=C/C(=O)N(c1ccccc1)C1CCN(CCc2ccccc2)CC1. The van der Waals surface area contributed by atoms with E-state index in [-0.39, 0.29) is 11.9 Å². The molecule has 0 aliphatic carbocycles. The summed E-state index contributed by atoms with van der Waals surface area (Å²) in [7, 11) is 0. The van der Waals surface area contributed by atoms with E-state index in [0.29, 0.717) is 0 Å². The van der Waals surface area contributed by atoms with Crippen LogP contribution in [0, 0.1) is 0 Å². The second-order valence-electron chi connectivity index (χ2n) is 6.85. The molecule has 1 fully saturated rings. The molecule has 0 saturated carbocycles. The molecule has 0 radical (unpaired) electrons. The van der Waals surface area contributed by atoms with Crippen LogP contribution >= 0.6 is 0 Å². The van der Waals surface area contributed by atoms with Crippen LogP contribution in [0.4, 0.5) is 5.69 Å². The number of carbonyl (C=O) groups excluding carboxylic acids is 1. The van der Waals surface area contributed by atoms with Crippen molar-refractivity contribution in [3.63, 3.8) is 0 Å². The van der Waals surface area contributed by atoms with E-state index in [9.17, 15) is 4.79 Å². The summed E-state index contributed by atoms with van der Waals surface area (Å²) in [4.78, 5) is 17.2. The summed E-state index contributed by atoms with van der Waals surface area (Å²) in [6, 6.07) is 21.0. The van der Waals surface area contributed by atoms with E-state index in [1.165, 1.54) is 5.56 Å². The van der Waals surface area contributed by atoms with Crippen molar-refractivity contribution < 1.29 is 4.79 Å². The number of hydrogen-bond donors (Lipinski definition) is 0. The molecule has 1 heterocycles. The van der Waals surface area contributed by atoms with Crippen LogP contribution in [0.5, 0.6) is 0 Å². The van der Waals surface area contributed by atoms with Gasteiger partial charge in [0.25, 0.3) is 5.91 Å². The van der Waals surface area contributed by atoms with Gasteiger partial charge in [0.2, 0.25) is 0 Å². The number of piperidine rings is 1. The van der Waals surface area contributed by atoms with Crippen molar-refractivity contribution in [1.29, 1.82) is 0 Å². The zero-order chi connectivity index (χ0) is 18.2. The van der Waals surface area contributed by atoms with Gasteiger partial charge in [-0.15, -0.1) is 0 Å². The summed E-state index contributed by atoms with van der Waals surface area (Å²) in [5.41, 5.74) is 2.39. The Balaban J connectivity index is 1.60. The standard InChI is InChI=1S/C23H28N2O/c1-2-9-23(26)25(21-12-7-4-8-13-21)22-15-18-24(19-16-22)17-14-20-10-5-3-6-11-20/h2-13,22H,14-19H2,1H3/b9-2+. The second-order valence-corrected chi connectivity index (χ2v) is 6.85. The van der Waals surface area contributed by atoms with Crippen molar-refractivity contribution in [3.05, 3.63) is 78.4 Å². The van der Waals surface area contributed by atoms with Crippen LogP contribution in [0.3, 0.4) is 0 Å². The Labute approximate surface area is 156 Å². The topological polar surface area (TPSA) is 23.6 Å². The number of amides is 1. The van der Waals surface area contributed by atoms with E-state index in [0.717, 1.165) is 44.6 Å². The van der Waals surface area contributed by atoms with E-state index in [2.05, 4.69) is 35.2 Å². The largest absolute Gasteiger partial charge is 0.306 e. The highest BCUT2D eigenvalue weighted by molar-refractivity contribution is 6.01. The lowest BCUT2D eigenvalue weighted by molar-refractivity contribution is -0.114. The Kier molecular flexibility index (Phi) is 6.62. The number of hydrogen-bond acceptors (Lipinski definition) is 2. The highest BCUT2D eigenvalue weighted by Crippen LogP contribution is 2.24. The number of likely N-dealkylation sites (tertiary alicyclic amines) is 1. The molecule has 1 saturated heterocycles. The van der Waals surface area contributed by atoms with Gasteiger partial charge in [0, 0.05) is 31.4 Å². The molecule has 3 rings (SSSR count). The monoisotopic (exact) mass is 348 g/mol. The Bertz CT molecular complexity index is 704. The Morgan fingerprint density at radius 2 is 1.65 bits per heavy atom. The molecule has 0 unspecified atom stereocenters. The van der Waals surface area contributed by atoms with Gasteiger partial charge in [-0.25, -0.2) is 0 Å². The molecule has 1 aliphatic heterocycles. The maximum atomic E-state index is 12.7. The minimum atomic E-state index is 0.0847. The molecule has 1 amide bonds. The minimum absolute atomic E-state index is 0.0847. The lowest BCUT2D eigenvalue weighted by Crippen LogP contribution is -2.47.